The van der Waals surface area contributed by atoms with Crippen molar-refractivity contribution in [2.45, 2.75) is 62.0 Å². The lowest BCUT2D eigenvalue weighted by atomic mass is 9.81. The molecule has 1 aromatic heterocycles. The number of benzene rings is 3. The predicted molar refractivity (Wildman–Crippen MR) is 172 cm³/mol. The molecule has 3 amide bonds. The first-order valence-electron chi connectivity index (χ1n) is 14.6. The lowest BCUT2D eigenvalue weighted by molar-refractivity contribution is -0.137. The SMILES string of the molecule is Cc1ccc(NC(=O)Cn2c3c(sc2=O)[C@H](c2ccc(C(C)(C)C)cc2)C2C(=O)N(c4ccccc4C(F)(F)F)C(=O)C2S3)cc1. The average molecular weight is 666 g/mol. The van der Waals surface area contributed by atoms with Crippen molar-refractivity contribution in [3.63, 3.8) is 0 Å². The first-order valence-corrected chi connectivity index (χ1v) is 16.3. The van der Waals surface area contributed by atoms with Crippen LogP contribution in [-0.4, -0.2) is 27.5 Å². The van der Waals surface area contributed by atoms with Crippen LogP contribution >= 0.6 is 23.1 Å². The van der Waals surface area contributed by atoms with E-state index in [1.54, 1.807) is 12.1 Å². The van der Waals surface area contributed by atoms with Crippen LogP contribution in [-0.2, 0) is 32.5 Å². The number of rotatable bonds is 5. The van der Waals surface area contributed by atoms with Crippen LogP contribution in [0.5, 0.6) is 0 Å². The molecular weight excluding hydrogens is 636 g/mol. The van der Waals surface area contributed by atoms with Gasteiger partial charge in [0.25, 0.3) is 0 Å². The van der Waals surface area contributed by atoms with Crippen LogP contribution in [0.4, 0.5) is 24.5 Å². The number of alkyl halides is 3. The summed E-state index contributed by atoms with van der Waals surface area (Å²) < 4.78 is 43.4. The first kappa shape index (κ1) is 31.8. The molecule has 0 spiro atoms. The summed E-state index contributed by atoms with van der Waals surface area (Å²) in [5.41, 5.74) is 1.43. The summed E-state index contributed by atoms with van der Waals surface area (Å²) in [5, 5.41) is 2.01. The van der Waals surface area contributed by atoms with Crippen LogP contribution in [0.3, 0.4) is 0 Å². The van der Waals surface area contributed by atoms with Crippen molar-refractivity contribution in [3.05, 3.63) is 110 Å². The summed E-state index contributed by atoms with van der Waals surface area (Å²) in [7, 11) is 0. The Morgan fingerprint density at radius 3 is 2.17 bits per heavy atom. The van der Waals surface area contributed by atoms with Gasteiger partial charge in [-0.15, -0.1) is 0 Å². The minimum absolute atomic E-state index is 0.176. The molecule has 1 saturated heterocycles. The second-order valence-corrected chi connectivity index (χ2v) is 14.6. The van der Waals surface area contributed by atoms with E-state index in [-0.39, 0.29) is 12.0 Å². The molecule has 2 unspecified atom stereocenters. The molecule has 46 heavy (non-hydrogen) atoms. The topological polar surface area (TPSA) is 88.5 Å². The fourth-order valence-corrected chi connectivity index (χ4v) is 8.70. The van der Waals surface area contributed by atoms with Crippen LogP contribution in [0, 0.1) is 12.8 Å². The zero-order chi connectivity index (χ0) is 33.1. The van der Waals surface area contributed by atoms with Crippen molar-refractivity contribution in [1.82, 2.24) is 4.57 Å². The second-order valence-electron chi connectivity index (χ2n) is 12.5. The van der Waals surface area contributed by atoms with E-state index in [0.717, 1.165) is 46.4 Å². The smallest absolute Gasteiger partial charge is 0.325 e. The van der Waals surface area contributed by atoms with Gasteiger partial charge in [-0.05, 0) is 47.7 Å². The Labute approximate surface area is 271 Å². The number of carbonyl (C=O) groups is 3. The zero-order valence-electron chi connectivity index (χ0n) is 25.3. The number of aromatic nitrogens is 1. The van der Waals surface area contributed by atoms with Crippen LogP contribution in [0.2, 0.25) is 0 Å². The first-order chi connectivity index (χ1) is 21.6. The van der Waals surface area contributed by atoms with Gasteiger partial charge >= 0.3 is 11.0 Å². The monoisotopic (exact) mass is 665 g/mol. The van der Waals surface area contributed by atoms with Gasteiger partial charge in [-0.2, -0.15) is 13.2 Å². The Hall–Kier alpha value is -4.16. The third-order valence-corrected chi connectivity index (χ3v) is 10.9. The minimum Gasteiger partial charge on any atom is -0.325 e. The summed E-state index contributed by atoms with van der Waals surface area (Å²) in [5.74, 6) is -3.89. The summed E-state index contributed by atoms with van der Waals surface area (Å²) in [4.78, 5) is 55.3. The van der Waals surface area contributed by atoms with Gasteiger partial charge in [0.15, 0.2) is 0 Å². The molecule has 1 fully saturated rings. The molecule has 12 heteroatoms. The van der Waals surface area contributed by atoms with Gasteiger partial charge in [0, 0.05) is 16.5 Å². The highest BCUT2D eigenvalue weighted by Crippen LogP contribution is 2.54. The van der Waals surface area contributed by atoms with E-state index in [1.807, 2.05) is 43.3 Å². The largest absolute Gasteiger partial charge is 0.418 e. The maximum absolute atomic E-state index is 14.1. The zero-order valence-corrected chi connectivity index (χ0v) is 27.0. The number of carbonyl (C=O) groups excluding carboxylic acids is 3. The highest BCUT2D eigenvalue weighted by molar-refractivity contribution is 8.00. The molecule has 238 valence electrons. The van der Waals surface area contributed by atoms with Crippen molar-refractivity contribution in [2.75, 3.05) is 10.2 Å². The summed E-state index contributed by atoms with van der Waals surface area (Å²) >= 11 is 1.84. The van der Waals surface area contributed by atoms with E-state index in [2.05, 4.69) is 26.1 Å². The van der Waals surface area contributed by atoms with Crippen molar-refractivity contribution in [3.8, 4) is 0 Å². The number of para-hydroxylation sites is 1. The van der Waals surface area contributed by atoms with Crippen LogP contribution in [0.15, 0.2) is 82.6 Å². The highest BCUT2D eigenvalue weighted by Gasteiger charge is 2.57. The average Bonchev–Trinajstić information content (AvgIpc) is 3.43. The number of nitrogens with one attached hydrogen (secondary N) is 1. The standard InChI is InChI=1S/C34H30F3N3O4S2/c1-18-9-15-21(16-10-18)38-24(41)17-39-31-28(46-32(39)44)25(19-11-13-20(14-12-19)33(2,3)4)26-27(45-31)30(43)40(29(26)42)23-8-6-5-7-22(23)34(35,36)37/h5-16,25-27H,17H2,1-4H3,(H,38,41)/t25-,26?,27?/m1/s1. The van der Waals surface area contributed by atoms with E-state index in [4.69, 9.17) is 0 Å². The number of aryl methyl sites for hydroxylation is 1. The van der Waals surface area contributed by atoms with Crippen LogP contribution in [0.1, 0.15) is 53.8 Å². The van der Waals surface area contributed by atoms with Gasteiger partial charge in [0.2, 0.25) is 17.7 Å². The fourth-order valence-electron chi connectivity index (χ4n) is 5.93. The Morgan fingerprint density at radius 2 is 1.54 bits per heavy atom. The molecule has 0 bridgehead atoms. The number of hydrogen-bond donors (Lipinski definition) is 1. The predicted octanol–water partition coefficient (Wildman–Crippen LogP) is 6.97. The minimum atomic E-state index is -4.80. The molecule has 0 aliphatic carbocycles. The number of halogens is 3. The van der Waals surface area contributed by atoms with E-state index in [0.29, 0.717) is 26.1 Å². The molecule has 3 aromatic carbocycles. The van der Waals surface area contributed by atoms with Gasteiger partial charge in [0.1, 0.15) is 11.8 Å². The Bertz CT molecular complexity index is 1910. The van der Waals surface area contributed by atoms with E-state index >= 15 is 0 Å². The number of thiazole rings is 1. The summed E-state index contributed by atoms with van der Waals surface area (Å²) in [6.45, 7) is 7.72. The van der Waals surface area contributed by atoms with Gasteiger partial charge in [0.05, 0.1) is 22.2 Å². The quantitative estimate of drug-likeness (QED) is 0.233. The van der Waals surface area contributed by atoms with Gasteiger partial charge in [-0.25, -0.2) is 4.90 Å². The van der Waals surface area contributed by atoms with Crippen molar-refractivity contribution >= 4 is 52.2 Å². The Balaban J connectivity index is 1.44. The molecule has 1 N–H and O–H groups in total. The maximum Gasteiger partial charge on any atom is 0.418 e. The maximum atomic E-state index is 14.1. The third kappa shape index (κ3) is 5.68. The number of imide groups is 1. The van der Waals surface area contributed by atoms with Crippen molar-refractivity contribution < 1.29 is 27.6 Å². The number of hydrogen-bond acceptors (Lipinski definition) is 6. The van der Waals surface area contributed by atoms with Crippen LogP contribution < -0.4 is 15.1 Å². The molecule has 2 aliphatic heterocycles. The summed E-state index contributed by atoms with van der Waals surface area (Å²) in [6, 6.07) is 19.2. The normalized spacial score (nSPS) is 19.6. The molecule has 7 nitrogen and oxygen atoms in total. The van der Waals surface area contributed by atoms with E-state index in [1.165, 1.54) is 16.7 Å². The van der Waals surface area contributed by atoms with Gasteiger partial charge < -0.3 is 5.32 Å². The lowest BCUT2D eigenvalue weighted by Gasteiger charge is -2.31. The molecule has 2 aliphatic rings. The molecule has 0 radical (unpaired) electrons. The molecular formula is C34H30F3N3O4S2. The number of amides is 3. The molecule has 3 heterocycles. The highest BCUT2D eigenvalue weighted by atomic mass is 32.2. The van der Waals surface area contributed by atoms with E-state index < -0.39 is 57.1 Å². The molecule has 3 atom stereocenters. The number of thioether (sulfide) groups is 1. The molecule has 6 rings (SSSR count). The number of nitrogens with zero attached hydrogens (tertiary/aromatic N) is 2. The fraction of sp³-hybridized carbons (Fsp3) is 0.294. The third-order valence-electron chi connectivity index (χ3n) is 8.27. The van der Waals surface area contributed by atoms with Crippen molar-refractivity contribution in [2.24, 2.45) is 5.92 Å². The number of fused-ring (bicyclic) bond motifs is 2. The van der Waals surface area contributed by atoms with E-state index in [9.17, 15) is 32.3 Å². The van der Waals surface area contributed by atoms with Gasteiger partial charge in [-0.3, -0.25) is 23.7 Å². The van der Waals surface area contributed by atoms with Gasteiger partial charge in [-0.1, -0.05) is 98.0 Å². The van der Waals surface area contributed by atoms with Crippen molar-refractivity contribution in [1.29, 1.82) is 0 Å². The Morgan fingerprint density at radius 1 is 0.891 bits per heavy atom. The Kier molecular flexibility index (Phi) is 8.00. The molecule has 4 aromatic rings. The second kappa shape index (κ2) is 11.6. The van der Waals surface area contributed by atoms with Crippen LogP contribution in [0.25, 0.3) is 0 Å². The number of anilines is 2. The summed E-state index contributed by atoms with van der Waals surface area (Å²) in [6.07, 6.45) is -4.80. The molecule has 0 saturated carbocycles. The lowest BCUT2D eigenvalue weighted by Crippen LogP contribution is -2.33.